The van der Waals surface area contributed by atoms with Gasteiger partial charge in [-0.3, -0.25) is 0 Å². The first-order valence-corrected chi connectivity index (χ1v) is 7.85. The second-order valence-corrected chi connectivity index (χ2v) is 6.30. The number of sulfone groups is 1. The van der Waals surface area contributed by atoms with Gasteiger partial charge in [-0.25, -0.2) is 8.42 Å². The van der Waals surface area contributed by atoms with E-state index >= 15 is 0 Å². The van der Waals surface area contributed by atoms with Crippen molar-refractivity contribution in [3.63, 3.8) is 0 Å². The van der Waals surface area contributed by atoms with Gasteiger partial charge in [0.05, 0.1) is 17.8 Å². The lowest BCUT2D eigenvalue weighted by molar-refractivity contribution is 0.415. The Balaban J connectivity index is 2.05. The van der Waals surface area contributed by atoms with Crippen molar-refractivity contribution >= 4 is 15.9 Å². The lowest BCUT2D eigenvalue weighted by atomic mass is 10.2. The standard InChI is InChI=1S/C16H16O3S/c1-19-15-11-9-14(10-12-15)6-5-13-20(17,18)16-7-3-2-4-8-16/h2-12H,13H2,1H3/b6-5+. The first-order chi connectivity index (χ1) is 9.62. The number of methoxy groups -OCH3 is 1. The van der Waals surface area contributed by atoms with Crippen LogP contribution in [0, 0.1) is 0 Å². The second-order valence-electron chi connectivity index (χ2n) is 4.27. The molecule has 2 aromatic rings. The maximum Gasteiger partial charge on any atom is 0.181 e. The van der Waals surface area contributed by atoms with Gasteiger partial charge in [0.25, 0.3) is 0 Å². The van der Waals surface area contributed by atoms with Crippen LogP contribution in [0.5, 0.6) is 5.75 Å². The Morgan fingerprint density at radius 3 is 2.25 bits per heavy atom. The predicted molar refractivity (Wildman–Crippen MR) is 80.5 cm³/mol. The Labute approximate surface area is 119 Å². The van der Waals surface area contributed by atoms with Crippen LogP contribution in [0.1, 0.15) is 5.56 Å². The van der Waals surface area contributed by atoms with Crippen molar-refractivity contribution in [2.75, 3.05) is 12.9 Å². The Kier molecular flexibility index (Phi) is 4.58. The van der Waals surface area contributed by atoms with Crippen molar-refractivity contribution in [2.24, 2.45) is 0 Å². The summed E-state index contributed by atoms with van der Waals surface area (Å²) >= 11 is 0. The van der Waals surface area contributed by atoms with E-state index < -0.39 is 9.84 Å². The first-order valence-electron chi connectivity index (χ1n) is 6.20. The fourth-order valence-corrected chi connectivity index (χ4v) is 2.86. The van der Waals surface area contributed by atoms with Crippen LogP contribution in [0.4, 0.5) is 0 Å². The van der Waals surface area contributed by atoms with Crippen LogP contribution in [-0.2, 0) is 9.84 Å². The molecule has 0 bridgehead atoms. The molecule has 0 N–H and O–H groups in total. The summed E-state index contributed by atoms with van der Waals surface area (Å²) in [6.07, 6.45) is 3.45. The molecule has 0 spiro atoms. The maximum atomic E-state index is 12.1. The lowest BCUT2D eigenvalue weighted by Crippen LogP contribution is -2.04. The maximum absolute atomic E-state index is 12.1. The molecular formula is C16H16O3S. The summed E-state index contributed by atoms with van der Waals surface area (Å²) in [5, 5.41) is 0. The van der Waals surface area contributed by atoms with E-state index in [1.165, 1.54) is 0 Å². The van der Waals surface area contributed by atoms with Crippen LogP contribution in [0.3, 0.4) is 0 Å². The van der Waals surface area contributed by atoms with E-state index in [1.54, 1.807) is 49.6 Å². The zero-order valence-electron chi connectivity index (χ0n) is 11.2. The molecule has 0 atom stereocenters. The molecule has 0 aliphatic rings. The van der Waals surface area contributed by atoms with Gasteiger partial charge in [0, 0.05) is 0 Å². The Morgan fingerprint density at radius 1 is 1.00 bits per heavy atom. The molecule has 2 rings (SSSR count). The van der Waals surface area contributed by atoms with Crippen LogP contribution < -0.4 is 4.74 Å². The molecule has 0 aliphatic carbocycles. The number of hydrogen-bond acceptors (Lipinski definition) is 3. The average molecular weight is 288 g/mol. The highest BCUT2D eigenvalue weighted by atomic mass is 32.2. The summed E-state index contributed by atoms with van der Waals surface area (Å²) in [6.45, 7) is 0. The Bertz CT molecular complexity index is 671. The van der Waals surface area contributed by atoms with Crippen LogP contribution >= 0.6 is 0 Å². The van der Waals surface area contributed by atoms with Gasteiger partial charge in [-0.15, -0.1) is 0 Å². The molecule has 20 heavy (non-hydrogen) atoms. The van der Waals surface area contributed by atoms with Crippen LogP contribution in [-0.4, -0.2) is 21.3 Å². The van der Waals surface area contributed by atoms with Crippen molar-refractivity contribution in [1.82, 2.24) is 0 Å². The van der Waals surface area contributed by atoms with Crippen molar-refractivity contribution < 1.29 is 13.2 Å². The van der Waals surface area contributed by atoms with E-state index in [4.69, 9.17) is 4.74 Å². The molecule has 0 unspecified atom stereocenters. The summed E-state index contributed by atoms with van der Waals surface area (Å²) in [5.74, 6) is 0.766. The van der Waals surface area contributed by atoms with Gasteiger partial charge in [-0.2, -0.15) is 0 Å². The number of rotatable bonds is 5. The third kappa shape index (κ3) is 3.71. The quantitative estimate of drug-likeness (QED) is 0.848. The highest BCUT2D eigenvalue weighted by molar-refractivity contribution is 7.91. The smallest absolute Gasteiger partial charge is 0.181 e. The van der Waals surface area contributed by atoms with Crippen LogP contribution in [0.15, 0.2) is 65.6 Å². The Morgan fingerprint density at radius 2 is 1.65 bits per heavy atom. The molecule has 2 aromatic carbocycles. The van der Waals surface area contributed by atoms with Gasteiger partial charge >= 0.3 is 0 Å². The predicted octanol–water partition coefficient (Wildman–Crippen LogP) is 3.18. The van der Waals surface area contributed by atoms with E-state index in [-0.39, 0.29) is 5.75 Å². The van der Waals surface area contributed by atoms with Gasteiger partial charge in [-0.1, -0.05) is 42.5 Å². The summed E-state index contributed by atoms with van der Waals surface area (Å²) in [4.78, 5) is 0.347. The van der Waals surface area contributed by atoms with Crippen molar-refractivity contribution in [1.29, 1.82) is 0 Å². The molecule has 0 radical (unpaired) electrons. The van der Waals surface area contributed by atoms with E-state index in [0.717, 1.165) is 11.3 Å². The second kappa shape index (κ2) is 6.39. The van der Waals surface area contributed by atoms with Gasteiger partial charge < -0.3 is 4.74 Å². The zero-order chi connectivity index (χ0) is 14.4. The van der Waals surface area contributed by atoms with Crippen molar-refractivity contribution in [3.8, 4) is 5.75 Å². The molecule has 0 aliphatic heterocycles. The topological polar surface area (TPSA) is 43.4 Å². The van der Waals surface area contributed by atoms with Gasteiger partial charge in [0.15, 0.2) is 9.84 Å². The molecule has 3 nitrogen and oxygen atoms in total. The summed E-state index contributed by atoms with van der Waals surface area (Å²) in [5.41, 5.74) is 0.939. The number of benzene rings is 2. The molecule has 0 heterocycles. The monoisotopic (exact) mass is 288 g/mol. The fraction of sp³-hybridized carbons (Fsp3) is 0.125. The summed E-state index contributed by atoms with van der Waals surface area (Å²) in [7, 11) is -1.65. The van der Waals surface area contributed by atoms with E-state index in [9.17, 15) is 8.42 Å². The van der Waals surface area contributed by atoms with Gasteiger partial charge in [0.2, 0.25) is 0 Å². The normalized spacial score (nSPS) is 11.7. The van der Waals surface area contributed by atoms with Gasteiger partial charge in [0.1, 0.15) is 5.75 Å². The third-order valence-corrected chi connectivity index (χ3v) is 4.47. The highest BCUT2D eigenvalue weighted by Gasteiger charge is 2.10. The Hall–Kier alpha value is -2.07. The minimum atomic E-state index is -3.25. The average Bonchev–Trinajstić information content (AvgIpc) is 2.49. The molecule has 0 fully saturated rings. The van der Waals surface area contributed by atoms with Crippen LogP contribution in [0.25, 0.3) is 6.08 Å². The minimum Gasteiger partial charge on any atom is -0.497 e. The molecule has 0 saturated carbocycles. The number of hydrogen-bond donors (Lipinski definition) is 0. The zero-order valence-corrected chi connectivity index (χ0v) is 12.0. The third-order valence-electron chi connectivity index (χ3n) is 2.84. The van der Waals surface area contributed by atoms with E-state index in [1.807, 2.05) is 24.3 Å². The fourth-order valence-electron chi connectivity index (χ4n) is 1.75. The van der Waals surface area contributed by atoms with E-state index in [2.05, 4.69) is 0 Å². The highest BCUT2D eigenvalue weighted by Crippen LogP contribution is 2.14. The van der Waals surface area contributed by atoms with E-state index in [0.29, 0.717) is 4.90 Å². The first kappa shape index (κ1) is 14.3. The molecule has 0 amide bonds. The van der Waals surface area contributed by atoms with Crippen molar-refractivity contribution in [2.45, 2.75) is 4.90 Å². The number of ether oxygens (including phenoxy) is 1. The van der Waals surface area contributed by atoms with Crippen molar-refractivity contribution in [3.05, 3.63) is 66.2 Å². The summed E-state index contributed by atoms with van der Waals surface area (Å²) < 4.78 is 29.2. The minimum absolute atomic E-state index is 0.0109. The molecular weight excluding hydrogens is 272 g/mol. The largest absolute Gasteiger partial charge is 0.497 e. The lowest BCUT2D eigenvalue weighted by Gasteiger charge is -2.01. The van der Waals surface area contributed by atoms with Gasteiger partial charge in [-0.05, 0) is 29.8 Å². The SMILES string of the molecule is COc1ccc(/C=C/CS(=O)(=O)c2ccccc2)cc1. The molecule has 0 saturated heterocycles. The molecule has 104 valence electrons. The van der Waals surface area contributed by atoms with Crippen LogP contribution in [0.2, 0.25) is 0 Å². The molecule has 4 heteroatoms. The molecule has 0 aromatic heterocycles. The summed E-state index contributed by atoms with van der Waals surface area (Å²) in [6, 6.07) is 15.9.